The summed E-state index contributed by atoms with van der Waals surface area (Å²) >= 11 is 0. The topological polar surface area (TPSA) is 83.9 Å². The standard InChI is InChI=1S/C20H18N4O2/c25-17-11-4-6-12-20(17,26-14-15-8-2-1-3-9-15)19-22-18(23-24-19)16-10-5-7-13-21-16/h1-13,17,25H,14H2,(H,22,23,24). The third-order valence-corrected chi connectivity index (χ3v) is 4.26. The lowest BCUT2D eigenvalue weighted by Crippen LogP contribution is -2.41. The van der Waals surface area contributed by atoms with E-state index in [4.69, 9.17) is 4.74 Å². The fourth-order valence-corrected chi connectivity index (χ4v) is 2.85. The van der Waals surface area contributed by atoms with Crippen LogP contribution in [0, 0.1) is 0 Å². The van der Waals surface area contributed by atoms with Crippen molar-refractivity contribution in [2.45, 2.75) is 18.3 Å². The largest absolute Gasteiger partial charge is 0.385 e. The third-order valence-electron chi connectivity index (χ3n) is 4.26. The first kappa shape index (κ1) is 16.4. The number of rotatable bonds is 5. The first-order valence-corrected chi connectivity index (χ1v) is 8.34. The van der Waals surface area contributed by atoms with Crippen molar-refractivity contribution in [2.24, 2.45) is 0 Å². The molecule has 3 aromatic rings. The summed E-state index contributed by atoms with van der Waals surface area (Å²) in [5.41, 5.74) is 0.523. The van der Waals surface area contributed by atoms with Gasteiger partial charge in [0.2, 0.25) is 0 Å². The maximum absolute atomic E-state index is 10.7. The number of nitrogens with one attached hydrogen (secondary N) is 1. The Hall–Kier alpha value is -3.09. The Labute approximate surface area is 150 Å². The average molecular weight is 346 g/mol. The van der Waals surface area contributed by atoms with Crippen molar-refractivity contribution in [2.75, 3.05) is 0 Å². The molecule has 6 nitrogen and oxygen atoms in total. The van der Waals surface area contributed by atoms with Crippen LogP contribution in [0.25, 0.3) is 11.5 Å². The molecule has 1 aliphatic rings. The van der Waals surface area contributed by atoms with Crippen molar-refractivity contribution in [3.63, 3.8) is 0 Å². The second-order valence-electron chi connectivity index (χ2n) is 5.98. The highest BCUT2D eigenvalue weighted by Gasteiger charge is 2.42. The first-order valence-electron chi connectivity index (χ1n) is 8.34. The molecule has 2 atom stereocenters. The van der Waals surface area contributed by atoms with Crippen LogP contribution in [0.5, 0.6) is 0 Å². The lowest BCUT2D eigenvalue weighted by Gasteiger charge is -2.33. The van der Waals surface area contributed by atoms with Crippen LogP contribution in [0.1, 0.15) is 11.4 Å². The summed E-state index contributed by atoms with van der Waals surface area (Å²) < 4.78 is 6.16. The number of aliphatic hydroxyl groups is 1. The van der Waals surface area contributed by atoms with E-state index in [9.17, 15) is 5.11 Å². The maximum Gasteiger partial charge on any atom is 0.199 e. The Bertz CT molecular complexity index is 921. The Morgan fingerprint density at radius 3 is 2.69 bits per heavy atom. The number of pyridine rings is 1. The van der Waals surface area contributed by atoms with Crippen LogP contribution in [0.3, 0.4) is 0 Å². The summed E-state index contributed by atoms with van der Waals surface area (Å²) in [7, 11) is 0. The van der Waals surface area contributed by atoms with Gasteiger partial charge >= 0.3 is 0 Å². The van der Waals surface area contributed by atoms with Gasteiger partial charge in [-0.25, -0.2) is 4.98 Å². The van der Waals surface area contributed by atoms with Crippen molar-refractivity contribution in [1.82, 2.24) is 20.2 Å². The number of nitrogens with zero attached hydrogens (tertiary/aromatic N) is 3. The van der Waals surface area contributed by atoms with E-state index >= 15 is 0 Å². The van der Waals surface area contributed by atoms with E-state index < -0.39 is 11.7 Å². The van der Waals surface area contributed by atoms with Crippen molar-refractivity contribution >= 4 is 0 Å². The number of H-pyrrole nitrogens is 1. The summed E-state index contributed by atoms with van der Waals surface area (Å²) in [6.45, 7) is 0.329. The molecule has 130 valence electrons. The van der Waals surface area contributed by atoms with Crippen LogP contribution in [-0.2, 0) is 16.9 Å². The Morgan fingerprint density at radius 1 is 1.08 bits per heavy atom. The molecule has 26 heavy (non-hydrogen) atoms. The molecule has 2 aromatic heterocycles. The molecule has 0 saturated heterocycles. The Kier molecular flexibility index (Phi) is 4.43. The molecule has 2 N–H and O–H groups in total. The molecule has 0 spiro atoms. The quantitative estimate of drug-likeness (QED) is 0.742. The van der Waals surface area contributed by atoms with E-state index in [1.54, 1.807) is 24.4 Å². The summed E-state index contributed by atoms with van der Waals surface area (Å²) in [4.78, 5) is 8.80. The SMILES string of the molecule is OC1C=CC=CC1(OCc1ccccc1)c1nc(-c2ccccn2)n[nH]1. The molecule has 0 aliphatic heterocycles. The summed E-state index contributed by atoms with van der Waals surface area (Å²) in [5, 5.41) is 17.8. The second kappa shape index (κ2) is 7.03. The van der Waals surface area contributed by atoms with Gasteiger partial charge in [-0.05, 0) is 23.8 Å². The van der Waals surface area contributed by atoms with Gasteiger partial charge in [0, 0.05) is 6.20 Å². The number of aromatic nitrogens is 4. The first-order chi connectivity index (χ1) is 12.8. The van der Waals surface area contributed by atoms with Gasteiger partial charge in [-0.15, -0.1) is 0 Å². The lowest BCUT2D eigenvalue weighted by atomic mass is 9.91. The van der Waals surface area contributed by atoms with Crippen LogP contribution >= 0.6 is 0 Å². The minimum atomic E-state index is -1.13. The fourth-order valence-electron chi connectivity index (χ4n) is 2.85. The average Bonchev–Trinajstić information content (AvgIpc) is 3.20. The number of hydrogen-bond acceptors (Lipinski definition) is 5. The van der Waals surface area contributed by atoms with E-state index in [2.05, 4.69) is 20.2 Å². The van der Waals surface area contributed by atoms with Gasteiger partial charge in [0.05, 0.1) is 6.61 Å². The predicted octanol–water partition coefficient (Wildman–Crippen LogP) is 2.77. The fraction of sp³-hybridized carbons (Fsp3) is 0.150. The van der Waals surface area contributed by atoms with Crippen molar-refractivity contribution in [3.8, 4) is 11.5 Å². The van der Waals surface area contributed by atoms with E-state index in [1.807, 2.05) is 54.6 Å². The highest BCUT2D eigenvalue weighted by molar-refractivity contribution is 5.48. The van der Waals surface area contributed by atoms with Crippen molar-refractivity contribution < 1.29 is 9.84 Å². The Balaban J connectivity index is 1.67. The van der Waals surface area contributed by atoms with Crippen molar-refractivity contribution in [3.05, 3.63) is 90.4 Å². The smallest absolute Gasteiger partial charge is 0.199 e. The third kappa shape index (κ3) is 3.08. The molecule has 2 heterocycles. The number of aliphatic hydroxyl groups excluding tert-OH is 1. The summed E-state index contributed by atoms with van der Waals surface area (Å²) in [5.74, 6) is 0.889. The minimum Gasteiger partial charge on any atom is -0.385 e. The number of ether oxygens (including phenoxy) is 1. The van der Waals surface area contributed by atoms with Gasteiger partial charge in [0.15, 0.2) is 17.2 Å². The highest BCUT2D eigenvalue weighted by atomic mass is 16.5. The number of hydrogen-bond donors (Lipinski definition) is 2. The monoisotopic (exact) mass is 346 g/mol. The van der Waals surface area contributed by atoms with E-state index in [-0.39, 0.29) is 0 Å². The van der Waals surface area contributed by atoms with Crippen LogP contribution in [-0.4, -0.2) is 31.4 Å². The number of aromatic amines is 1. The molecule has 1 aliphatic carbocycles. The molecule has 0 radical (unpaired) electrons. The van der Waals surface area contributed by atoms with Gasteiger partial charge in [-0.1, -0.05) is 54.6 Å². The molecule has 2 unspecified atom stereocenters. The molecule has 4 rings (SSSR count). The summed E-state index contributed by atoms with van der Waals surface area (Å²) in [6.07, 6.45) is 7.88. The molecule has 0 amide bonds. The molecule has 6 heteroatoms. The molecular weight excluding hydrogens is 328 g/mol. The zero-order valence-corrected chi connectivity index (χ0v) is 14.0. The van der Waals surface area contributed by atoms with E-state index in [1.165, 1.54) is 0 Å². The molecule has 1 aromatic carbocycles. The molecule has 0 saturated carbocycles. The predicted molar refractivity (Wildman–Crippen MR) is 96.8 cm³/mol. The van der Waals surface area contributed by atoms with Crippen LogP contribution in [0.4, 0.5) is 0 Å². The van der Waals surface area contributed by atoms with Crippen molar-refractivity contribution in [1.29, 1.82) is 0 Å². The van der Waals surface area contributed by atoms with E-state index in [0.717, 1.165) is 5.56 Å². The van der Waals surface area contributed by atoms with Gasteiger partial charge in [-0.3, -0.25) is 10.1 Å². The van der Waals surface area contributed by atoms with Gasteiger partial charge < -0.3 is 9.84 Å². The molecule has 0 fully saturated rings. The maximum atomic E-state index is 10.7. The van der Waals surface area contributed by atoms with Crippen LogP contribution < -0.4 is 0 Å². The van der Waals surface area contributed by atoms with E-state index in [0.29, 0.717) is 23.9 Å². The van der Waals surface area contributed by atoms with Gasteiger partial charge in [0.25, 0.3) is 0 Å². The normalized spacial score (nSPS) is 21.8. The van der Waals surface area contributed by atoms with Crippen LogP contribution in [0.2, 0.25) is 0 Å². The number of allylic oxidation sites excluding steroid dienone is 2. The zero-order chi connectivity index (χ0) is 17.8. The molecular formula is C20H18N4O2. The highest BCUT2D eigenvalue weighted by Crippen LogP contribution is 2.34. The lowest BCUT2D eigenvalue weighted by molar-refractivity contribution is -0.0946. The summed E-state index contributed by atoms with van der Waals surface area (Å²) in [6, 6.07) is 15.3. The molecule has 0 bridgehead atoms. The minimum absolute atomic E-state index is 0.329. The van der Waals surface area contributed by atoms with Gasteiger partial charge in [0.1, 0.15) is 11.8 Å². The second-order valence-corrected chi connectivity index (χ2v) is 5.98. The number of benzene rings is 1. The van der Waals surface area contributed by atoms with Gasteiger partial charge in [-0.2, -0.15) is 5.10 Å². The Morgan fingerprint density at radius 2 is 1.92 bits per heavy atom. The zero-order valence-electron chi connectivity index (χ0n) is 14.0. The van der Waals surface area contributed by atoms with Crippen LogP contribution in [0.15, 0.2) is 79.0 Å².